The maximum atomic E-state index is 12.8. The van der Waals surface area contributed by atoms with Gasteiger partial charge in [-0.25, -0.2) is 0 Å². The number of rotatable bonds is 8. The van der Waals surface area contributed by atoms with Gasteiger partial charge in [0.15, 0.2) is 0 Å². The topological polar surface area (TPSA) is 12.5 Å². The Bertz CT molecular complexity index is 788. The van der Waals surface area contributed by atoms with E-state index in [1.165, 1.54) is 37.0 Å². The maximum absolute atomic E-state index is 12.8. The van der Waals surface area contributed by atoms with Crippen LogP contribution in [-0.2, 0) is 6.18 Å². The number of benzene rings is 2. The SMILES string of the molecule is CC(c1ccccc1Br)C(CCN1CCCCC1)COc1ccc(C(F)(F)F)cc1. The lowest BCUT2D eigenvalue weighted by molar-refractivity contribution is -0.137. The summed E-state index contributed by atoms with van der Waals surface area (Å²) >= 11 is 3.66. The maximum Gasteiger partial charge on any atom is 0.416 e. The third-order valence-electron chi connectivity index (χ3n) is 6.01. The van der Waals surface area contributed by atoms with Crippen molar-refractivity contribution in [2.75, 3.05) is 26.2 Å². The summed E-state index contributed by atoms with van der Waals surface area (Å²) < 4.78 is 45.4. The van der Waals surface area contributed by atoms with E-state index in [0.717, 1.165) is 42.7 Å². The molecule has 1 aliphatic heterocycles. The van der Waals surface area contributed by atoms with Gasteiger partial charge >= 0.3 is 6.18 Å². The van der Waals surface area contributed by atoms with Crippen LogP contribution < -0.4 is 4.74 Å². The van der Waals surface area contributed by atoms with E-state index in [0.29, 0.717) is 12.4 Å². The number of ether oxygens (including phenoxy) is 1. The van der Waals surface area contributed by atoms with Crippen molar-refractivity contribution in [1.29, 1.82) is 0 Å². The lowest BCUT2D eigenvalue weighted by atomic mass is 9.85. The van der Waals surface area contributed by atoms with E-state index in [1.807, 2.05) is 18.2 Å². The Hall–Kier alpha value is -1.53. The molecular weight excluding hydrogens is 455 g/mol. The van der Waals surface area contributed by atoms with Gasteiger partial charge in [-0.15, -0.1) is 0 Å². The van der Waals surface area contributed by atoms with Crippen molar-refractivity contribution in [3.63, 3.8) is 0 Å². The van der Waals surface area contributed by atoms with Gasteiger partial charge in [-0.1, -0.05) is 47.5 Å². The van der Waals surface area contributed by atoms with Crippen LogP contribution in [0.5, 0.6) is 5.75 Å². The molecule has 0 aliphatic carbocycles. The molecule has 0 saturated carbocycles. The molecule has 2 atom stereocenters. The van der Waals surface area contributed by atoms with Gasteiger partial charge in [0.25, 0.3) is 0 Å². The molecule has 2 aromatic rings. The van der Waals surface area contributed by atoms with Crippen LogP contribution in [0.2, 0.25) is 0 Å². The van der Waals surface area contributed by atoms with E-state index < -0.39 is 11.7 Å². The van der Waals surface area contributed by atoms with E-state index in [4.69, 9.17) is 4.74 Å². The minimum atomic E-state index is -4.33. The van der Waals surface area contributed by atoms with E-state index in [2.05, 4.69) is 33.8 Å². The predicted octanol–water partition coefficient (Wildman–Crippen LogP) is 7.14. The van der Waals surface area contributed by atoms with Gasteiger partial charge < -0.3 is 9.64 Å². The molecule has 164 valence electrons. The second kappa shape index (κ2) is 10.7. The molecule has 6 heteroatoms. The summed E-state index contributed by atoms with van der Waals surface area (Å²) in [5.41, 5.74) is 0.579. The van der Waals surface area contributed by atoms with E-state index in [-0.39, 0.29) is 11.8 Å². The molecule has 0 N–H and O–H groups in total. The quantitative estimate of drug-likeness (QED) is 0.395. The van der Waals surface area contributed by atoms with Crippen molar-refractivity contribution in [3.8, 4) is 5.75 Å². The van der Waals surface area contributed by atoms with Crippen LogP contribution in [0.15, 0.2) is 53.0 Å². The Kier molecular flexibility index (Phi) is 8.23. The highest BCUT2D eigenvalue weighted by Gasteiger charge is 2.30. The molecular formula is C24H29BrF3NO. The molecule has 0 aromatic heterocycles. The summed E-state index contributed by atoms with van der Waals surface area (Å²) in [6, 6.07) is 13.2. The Morgan fingerprint density at radius 1 is 1.00 bits per heavy atom. The second-order valence-electron chi connectivity index (χ2n) is 8.09. The first-order chi connectivity index (χ1) is 14.3. The molecule has 2 aromatic carbocycles. The van der Waals surface area contributed by atoms with Crippen molar-refractivity contribution < 1.29 is 17.9 Å². The standard InChI is InChI=1S/C24H29BrF3NO/c1-18(22-7-3-4-8-23(22)25)19(13-16-29-14-5-2-6-15-29)17-30-21-11-9-20(10-12-21)24(26,27)28/h3-4,7-12,18-19H,2,5-6,13-17H2,1H3. The molecule has 1 fully saturated rings. The van der Waals surface area contributed by atoms with Crippen LogP contribution in [0.3, 0.4) is 0 Å². The lowest BCUT2D eigenvalue weighted by Crippen LogP contribution is -2.33. The van der Waals surface area contributed by atoms with E-state index >= 15 is 0 Å². The van der Waals surface area contributed by atoms with Crippen LogP contribution in [-0.4, -0.2) is 31.1 Å². The van der Waals surface area contributed by atoms with Crippen molar-refractivity contribution >= 4 is 15.9 Å². The van der Waals surface area contributed by atoms with Crippen molar-refractivity contribution in [3.05, 3.63) is 64.1 Å². The van der Waals surface area contributed by atoms with Crippen LogP contribution in [0, 0.1) is 5.92 Å². The van der Waals surface area contributed by atoms with Crippen LogP contribution in [0.25, 0.3) is 0 Å². The highest BCUT2D eigenvalue weighted by Crippen LogP contribution is 2.34. The van der Waals surface area contributed by atoms with Gasteiger partial charge in [0, 0.05) is 10.4 Å². The third-order valence-corrected chi connectivity index (χ3v) is 6.74. The van der Waals surface area contributed by atoms with Crippen LogP contribution in [0.1, 0.15) is 49.7 Å². The Labute approximate surface area is 185 Å². The molecule has 0 amide bonds. The summed E-state index contributed by atoms with van der Waals surface area (Å²) in [6.07, 6.45) is 0.482. The Morgan fingerprint density at radius 3 is 2.30 bits per heavy atom. The lowest BCUT2D eigenvalue weighted by Gasteiger charge is -2.31. The largest absolute Gasteiger partial charge is 0.493 e. The molecule has 0 bridgehead atoms. The summed E-state index contributed by atoms with van der Waals surface area (Å²) in [6.45, 7) is 6.00. The Balaban J connectivity index is 1.67. The van der Waals surface area contributed by atoms with Gasteiger partial charge in [-0.3, -0.25) is 0 Å². The van der Waals surface area contributed by atoms with Gasteiger partial charge in [-0.05, 0) is 80.7 Å². The number of nitrogens with zero attached hydrogens (tertiary/aromatic N) is 1. The van der Waals surface area contributed by atoms with E-state index in [9.17, 15) is 13.2 Å². The van der Waals surface area contributed by atoms with Gasteiger partial charge in [0.05, 0.1) is 12.2 Å². The molecule has 1 saturated heterocycles. The zero-order chi connectivity index (χ0) is 21.6. The van der Waals surface area contributed by atoms with Crippen LogP contribution in [0.4, 0.5) is 13.2 Å². The predicted molar refractivity (Wildman–Crippen MR) is 118 cm³/mol. The number of hydrogen-bond acceptors (Lipinski definition) is 2. The minimum absolute atomic E-state index is 0.257. The Morgan fingerprint density at radius 2 is 1.67 bits per heavy atom. The average molecular weight is 484 g/mol. The minimum Gasteiger partial charge on any atom is -0.493 e. The fourth-order valence-electron chi connectivity index (χ4n) is 4.05. The fourth-order valence-corrected chi connectivity index (χ4v) is 4.70. The number of likely N-dealkylation sites (tertiary alicyclic amines) is 1. The summed E-state index contributed by atoms with van der Waals surface area (Å²) in [5, 5.41) is 0. The molecule has 2 nitrogen and oxygen atoms in total. The summed E-state index contributed by atoms with van der Waals surface area (Å²) in [7, 11) is 0. The zero-order valence-corrected chi connectivity index (χ0v) is 18.9. The molecule has 0 radical (unpaired) electrons. The molecule has 2 unspecified atom stereocenters. The number of piperidine rings is 1. The third kappa shape index (κ3) is 6.48. The fraction of sp³-hybridized carbons (Fsp3) is 0.500. The first kappa shape index (κ1) is 23.1. The smallest absolute Gasteiger partial charge is 0.416 e. The van der Waals surface area contributed by atoms with Crippen molar-refractivity contribution in [2.24, 2.45) is 5.92 Å². The van der Waals surface area contributed by atoms with Crippen LogP contribution >= 0.6 is 15.9 Å². The molecule has 30 heavy (non-hydrogen) atoms. The monoisotopic (exact) mass is 483 g/mol. The highest BCUT2D eigenvalue weighted by molar-refractivity contribution is 9.10. The summed E-state index contributed by atoms with van der Waals surface area (Å²) in [4.78, 5) is 2.52. The molecule has 1 aliphatic rings. The van der Waals surface area contributed by atoms with Crippen molar-refractivity contribution in [1.82, 2.24) is 4.90 Å². The molecule has 1 heterocycles. The van der Waals surface area contributed by atoms with E-state index in [1.54, 1.807) is 0 Å². The number of halogens is 4. The first-order valence-corrected chi connectivity index (χ1v) is 11.4. The summed E-state index contributed by atoms with van der Waals surface area (Å²) in [5.74, 6) is 0.998. The number of alkyl halides is 3. The van der Waals surface area contributed by atoms with Gasteiger partial charge in [0.1, 0.15) is 5.75 Å². The highest BCUT2D eigenvalue weighted by atomic mass is 79.9. The molecule has 3 rings (SSSR count). The number of hydrogen-bond donors (Lipinski definition) is 0. The molecule has 0 spiro atoms. The second-order valence-corrected chi connectivity index (χ2v) is 8.95. The van der Waals surface area contributed by atoms with Gasteiger partial charge in [-0.2, -0.15) is 13.2 Å². The van der Waals surface area contributed by atoms with Crippen molar-refractivity contribution in [2.45, 2.75) is 44.7 Å². The first-order valence-electron chi connectivity index (χ1n) is 10.6. The van der Waals surface area contributed by atoms with Gasteiger partial charge in [0.2, 0.25) is 0 Å². The average Bonchev–Trinajstić information content (AvgIpc) is 2.74. The normalized spacial score (nSPS) is 17.5. The zero-order valence-electron chi connectivity index (χ0n) is 17.3.